The minimum absolute atomic E-state index is 0.0404. The number of rotatable bonds is 2. The fraction of sp³-hybridized carbons (Fsp3) is 0.889. The molecule has 1 aliphatic carbocycles. The third-order valence-electron chi connectivity index (χ3n) is 3.22. The molecule has 1 aliphatic heterocycles. The Hall–Kier alpha value is -0.570. The third-order valence-corrected chi connectivity index (χ3v) is 3.22. The van der Waals surface area contributed by atoms with Gasteiger partial charge in [-0.1, -0.05) is 6.92 Å². The second-order valence-corrected chi connectivity index (χ2v) is 3.84. The Balaban J connectivity index is 2.02. The predicted molar refractivity (Wildman–Crippen MR) is 42.9 cm³/mol. The first-order valence-electron chi connectivity index (χ1n) is 4.58. The summed E-state index contributed by atoms with van der Waals surface area (Å²) in [7, 11) is 0. The normalized spacial score (nSPS) is 45.1. The molecule has 0 aromatic heterocycles. The average molecular weight is 170 g/mol. The van der Waals surface area contributed by atoms with Gasteiger partial charge in [-0.2, -0.15) is 0 Å². The molecule has 0 aromatic rings. The molecule has 12 heavy (non-hydrogen) atoms. The van der Waals surface area contributed by atoms with E-state index in [1.54, 1.807) is 0 Å². The van der Waals surface area contributed by atoms with E-state index in [0.717, 1.165) is 25.7 Å². The summed E-state index contributed by atoms with van der Waals surface area (Å²) >= 11 is 0. The van der Waals surface area contributed by atoms with E-state index in [0.29, 0.717) is 6.10 Å². The third kappa shape index (κ3) is 1.04. The van der Waals surface area contributed by atoms with Crippen molar-refractivity contribution in [2.45, 2.75) is 44.3 Å². The highest BCUT2D eigenvalue weighted by Crippen LogP contribution is 2.51. The molecule has 0 spiro atoms. The van der Waals surface area contributed by atoms with Crippen LogP contribution in [0.1, 0.15) is 32.6 Å². The molecule has 3 nitrogen and oxygen atoms in total. The van der Waals surface area contributed by atoms with Crippen molar-refractivity contribution in [3.63, 3.8) is 0 Å². The molecule has 2 fully saturated rings. The van der Waals surface area contributed by atoms with Crippen LogP contribution in [0.5, 0.6) is 0 Å². The van der Waals surface area contributed by atoms with Crippen LogP contribution in [-0.2, 0) is 9.53 Å². The van der Waals surface area contributed by atoms with Gasteiger partial charge in [-0.3, -0.25) is 4.79 Å². The van der Waals surface area contributed by atoms with Crippen LogP contribution in [0.4, 0.5) is 0 Å². The minimum atomic E-state index is -0.656. The number of hydrogen-bond donors (Lipinski definition) is 1. The molecule has 1 saturated carbocycles. The van der Waals surface area contributed by atoms with E-state index >= 15 is 0 Å². The molecular formula is C9H14O3. The van der Waals surface area contributed by atoms with Crippen LogP contribution in [0.2, 0.25) is 0 Å². The van der Waals surface area contributed by atoms with Gasteiger partial charge in [0.1, 0.15) is 0 Å². The number of ether oxygens (including phenoxy) is 1. The summed E-state index contributed by atoms with van der Waals surface area (Å²) in [5.41, 5.74) is -0.0404. The number of epoxide rings is 1. The highest BCUT2D eigenvalue weighted by Gasteiger charge is 2.58. The van der Waals surface area contributed by atoms with Gasteiger partial charge in [-0.25, -0.2) is 0 Å². The van der Waals surface area contributed by atoms with Crippen LogP contribution >= 0.6 is 0 Å². The van der Waals surface area contributed by atoms with Crippen molar-refractivity contribution >= 4 is 5.97 Å². The summed E-state index contributed by atoms with van der Waals surface area (Å²) in [5.74, 6) is -0.819. The van der Waals surface area contributed by atoms with E-state index in [2.05, 4.69) is 6.92 Å². The molecule has 0 amide bonds. The molecule has 0 bridgehead atoms. The zero-order valence-corrected chi connectivity index (χ0v) is 7.25. The SMILES string of the molecule is CC[C@]12C[C@@H](C(=O)O)CC[C@H]1O2. The lowest BCUT2D eigenvalue weighted by atomic mass is 9.80. The standard InChI is InChI=1S/C9H14O3/c1-2-9-5-6(8(10)11)3-4-7(9)12-9/h6-7H,2-5H2,1H3,(H,10,11)/t6-,7+,9-/m0/s1. The Bertz CT molecular complexity index is 214. The molecule has 2 rings (SSSR count). The molecule has 1 N–H and O–H groups in total. The van der Waals surface area contributed by atoms with Gasteiger partial charge in [0.05, 0.1) is 17.6 Å². The minimum Gasteiger partial charge on any atom is -0.481 e. The molecule has 3 atom stereocenters. The highest BCUT2D eigenvalue weighted by atomic mass is 16.6. The van der Waals surface area contributed by atoms with Crippen LogP contribution < -0.4 is 0 Å². The lowest BCUT2D eigenvalue weighted by Gasteiger charge is -2.21. The van der Waals surface area contributed by atoms with Gasteiger partial charge in [-0.05, 0) is 25.7 Å². The molecular weight excluding hydrogens is 156 g/mol. The summed E-state index contributed by atoms with van der Waals surface area (Å²) in [6, 6.07) is 0. The van der Waals surface area contributed by atoms with Crippen molar-refractivity contribution in [1.82, 2.24) is 0 Å². The maximum atomic E-state index is 10.7. The van der Waals surface area contributed by atoms with Crippen LogP contribution in [0.3, 0.4) is 0 Å². The maximum Gasteiger partial charge on any atom is 0.306 e. The second kappa shape index (κ2) is 2.46. The number of carbonyl (C=O) groups is 1. The number of carboxylic acids is 1. The van der Waals surface area contributed by atoms with Crippen LogP contribution in [-0.4, -0.2) is 22.8 Å². The lowest BCUT2D eigenvalue weighted by molar-refractivity contribution is -0.143. The molecule has 3 heteroatoms. The van der Waals surface area contributed by atoms with Crippen LogP contribution in [0.15, 0.2) is 0 Å². The van der Waals surface area contributed by atoms with Crippen molar-refractivity contribution in [3.8, 4) is 0 Å². The van der Waals surface area contributed by atoms with Gasteiger partial charge in [0.25, 0.3) is 0 Å². The van der Waals surface area contributed by atoms with E-state index in [-0.39, 0.29) is 11.5 Å². The molecule has 68 valence electrons. The topological polar surface area (TPSA) is 49.8 Å². The molecule has 0 unspecified atom stereocenters. The quantitative estimate of drug-likeness (QED) is 0.637. The van der Waals surface area contributed by atoms with Crippen molar-refractivity contribution < 1.29 is 14.6 Å². The molecule has 2 aliphatic rings. The Morgan fingerprint density at radius 1 is 1.67 bits per heavy atom. The van der Waals surface area contributed by atoms with Crippen molar-refractivity contribution in [3.05, 3.63) is 0 Å². The zero-order chi connectivity index (χ0) is 8.77. The lowest BCUT2D eigenvalue weighted by Crippen LogP contribution is -2.29. The molecule has 1 saturated heterocycles. The van der Waals surface area contributed by atoms with E-state index in [1.165, 1.54) is 0 Å². The fourth-order valence-electron chi connectivity index (χ4n) is 2.29. The summed E-state index contributed by atoms with van der Waals surface area (Å²) in [6.45, 7) is 2.07. The van der Waals surface area contributed by atoms with Crippen molar-refractivity contribution in [2.24, 2.45) is 5.92 Å². The van der Waals surface area contributed by atoms with E-state index in [1.807, 2.05) is 0 Å². The fourth-order valence-corrected chi connectivity index (χ4v) is 2.29. The number of carboxylic acid groups (broad SMARTS) is 1. The van der Waals surface area contributed by atoms with Gasteiger partial charge in [0.2, 0.25) is 0 Å². The van der Waals surface area contributed by atoms with Crippen LogP contribution in [0.25, 0.3) is 0 Å². The van der Waals surface area contributed by atoms with Gasteiger partial charge in [0.15, 0.2) is 0 Å². The number of fused-ring (bicyclic) bond motifs is 1. The largest absolute Gasteiger partial charge is 0.481 e. The maximum absolute atomic E-state index is 10.7. The first-order valence-corrected chi connectivity index (χ1v) is 4.58. The van der Waals surface area contributed by atoms with Crippen molar-refractivity contribution in [2.75, 3.05) is 0 Å². The number of aliphatic carboxylic acids is 1. The average Bonchev–Trinajstić information content (AvgIpc) is 2.77. The van der Waals surface area contributed by atoms with E-state index in [4.69, 9.17) is 9.84 Å². The van der Waals surface area contributed by atoms with E-state index in [9.17, 15) is 4.79 Å². The Kier molecular flexibility index (Phi) is 1.65. The predicted octanol–water partition coefficient (Wildman–Crippen LogP) is 1.42. The highest BCUT2D eigenvalue weighted by molar-refractivity contribution is 5.70. The molecule has 0 radical (unpaired) electrons. The van der Waals surface area contributed by atoms with Crippen molar-refractivity contribution in [1.29, 1.82) is 0 Å². The zero-order valence-electron chi connectivity index (χ0n) is 7.25. The van der Waals surface area contributed by atoms with Gasteiger partial charge >= 0.3 is 5.97 Å². The van der Waals surface area contributed by atoms with Gasteiger partial charge < -0.3 is 9.84 Å². The summed E-state index contributed by atoms with van der Waals surface area (Å²) in [5, 5.41) is 8.83. The second-order valence-electron chi connectivity index (χ2n) is 3.84. The molecule has 0 aromatic carbocycles. The Morgan fingerprint density at radius 2 is 2.42 bits per heavy atom. The summed E-state index contributed by atoms with van der Waals surface area (Å²) in [4.78, 5) is 10.7. The van der Waals surface area contributed by atoms with E-state index < -0.39 is 5.97 Å². The monoisotopic (exact) mass is 170 g/mol. The first kappa shape index (κ1) is 8.05. The molecule has 1 heterocycles. The number of hydrogen-bond acceptors (Lipinski definition) is 2. The Morgan fingerprint density at radius 3 is 3.00 bits per heavy atom. The van der Waals surface area contributed by atoms with Gasteiger partial charge in [-0.15, -0.1) is 0 Å². The van der Waals surface area contributed by atoms with Gasteiger partial charge in [0, 0.05) is 0 Å². The van der Waals surface area contributed by atoms with Crippen LogP contribution in [0, 0.1) is 5.92 Å². The summed E-state index contributed by atoms with van der Waals surface area (Å²) in [6.07, 6.45) is 3.79. The smallest absolute Gasteiger partial charge is 0.306 e. The summed E-state index contributed by atoms with van der Waals surface area (Å²) < 4.78 is 5.53. The first-order chi connectivity index (χ1) is 5.68. The Labute approximate surface area is 71.7 Å².